The number of hydrogen-bond donors (Lipinski definition) is 1. The minimum atomic E-state index is -0.932. The van der Waals surface area contributed by atoms with Crippen molar-refractivity contribution in [3.8, 4) is 5.75 Å². The molecule has 7 heteroatoms. The van der Waals surface area contributed by atoms with E-state index in [4.69, 9.17) is 4.74 Å². The van der Waals surface area contributed by atoms with Crippen LogP contribution >= 0.6 is 0 Å². The Labute approximate surface area is 138 Å². The van der Waals surface area contributed by atoms with Crippen molar-refractivity contribution in [3.63, 3.8) is 0 Å². The van der Waals surface area contributed by atoms with Gasteiger partial charge in [-0.2, -0.15) is 0 Å². The quantitative estimate of drug-likeness (QED) is 0.499. The highest BCUT2D eigenvalue weighted by atomic mass is 16.6. The number of carbonyl (C=O) groups is 2. The van der Waals surface area contributed by atoms with E-state index in [2.05, 4.69) is 5.32 Å². The van der Waals surface area contributed by atoms with Gasteiger partial charge in [0.05, 0.1) is 4.92 Å². The molecule has 0 fully saturated rings. The van der Waals surface area contributed by atoms with E-state index >= 15 is 0 Å². The Kier molecular flexibility index (Phi) is 5.26. The predicted molar refractivity (Wildman–Crippen MR) is 88.3 cm³/mol. The van der Waals surface area contributed by atoms with Crippen LogP contribution in [-0.4, -0.2) is 22.7 Å². The summed E-state index contributed by atoms with van der Waals surface area (Å²) in [5, 5.41) is 13.6. The number of anilines is 1. The van der Waals surface area contributed by atoms with Gasteiger partial charge in [-0.15, -0.1) is 0 Å². The molecule has 0 aromatic heterocycles. The van der Waals surface area contributed by atoms with Gasteiger partial charge >= 0.3 is 5.69 Å². The first-order chi connectivity index (χ1) is 11.4. The molecule has 7 nitrogen and oxygen atoms in total. The summed E-state index contributed by atoms with van der Waals surface area (Å²) in [6.07, 6.45) is -0.932. The Morgan fingerprint density at radius 1 is 1.12 bits per heavy atom. The third-order valence-electron chi connectivity index (χ3n) is 3.29. The predicted octanol–water partition coefficient (Wildman–Crippen LogP) is 3.20. The number of nitrogens with one attached hydrogen (secondary N) is 1. The van der Waals surface area contributed by atoms with E-state index in [1.54, 1.807) is 30.3 Å². The summed E-state index contributed by atoms with van der Waals surface area (Å²) in [7, 11) is 0. The van der Waals surface area contributed by atoms with Crippen molar-refractivity contribution in [2.24, 2.45) is 0 Å². The zero-order valence-electron chi connectivity index (χ0n) is 13.2. The lowest BCUT2D eigenvalue weighted by atomic mass is 10.1. The third kappa shape index (κ3) is 4.16. The number of carbonyl (C=O) groups excluding carboxylic acids is 2. The second-order valence-corrected chi connectivity index (χ2v) is 5.11. The molecule has 2 aromatic carbocycles. The molecule has 0 aliphatic carbocycles. The van der Waals surface area contributed by atoms with Crippen LogP contribution in [0.25, 0.3) is 0 Å². The van der Waals surface area contributed by atoms with Crippen LogP contribution in [-0.2, 0) is 4.79 Å². The van der Waals surface area contributed by atoms with Crippen molar-refractivity contribution in [2.75, 3.05) is 5.32 Å². The average Bonchev–Trinajstić information content (AvgIpc) is 2.55. The number of para-hydroxylation sites is 2. The molecule has 124 valence electrons. The van der Waals surface area contributed by atoms with Gasteiger partial charge in [0, 0.05) is 17.3 Å². The molecule has 1 unspecified atom stereocenters. The smallest absolute Gasteiger partial charge is 0.310 e. The first-order valence-corrected chi connectivity index (χ1v) is 7.20. The van der Waals surface area contributed by atoms with E-state index in [1.165, 1.54) is 32.0 Å². The number of rotatable bonds is 6. The highest BCUT2D eigenvalue weighted by Crippen LogP contribution is 2.27. The number of nitrogens with zero attached hydrogens (tertiary/aromatic N) is 1. The van der Waals surface area contributed by atoms with E-state index in [0.29, 0.717) is 11.3 Å². The van der Waals surface area contributed by atoms with Gasteiger partial charge in [0.2, 0.25) is 0 Å². The van der Waals surface area contributed by atoms with E-state index in [0.717, 1.165) is 0 Å². The molecule has 1 atom stereocenters. The molecule has 1 amide bonds. The summed E-state index contributed by atoms with van der Waals surface area (Å²) in [5.74, 6) is -0.498. The van der Waals surface area contributed by atoms with Crippen molar-refractivity contribution >= 4 is 23.1 Å². The van der Waals surface area contributed by atoms with Gasteiger partial charge in [0.1, 0.15) is 0 Å². The Hall–Kier alpha value is -3.22. The van der Waals surface area contributed by atoms with Crippen LogP contribution in [0.15, 0.2) is 48.5 Å². The maximum atomic E-state index is 12.1. The number of ketones is 1. The molecule has 0 bridgehead atoms. The van der Waals surface area contributed by atoms with Crippen molar-refractivity contribution in [1.29, 1.82) is 0 Å². The van der Waals surface area contributed by atoms with Crippen LogP contribution in [0.3, 0.4) is 0 Å². The Balaban J connectivity index is 2.05. The van der Waals surface area contributed by atoms with Crippen LogP contribution in [0.4, 0.5) is 11.4 Å². The lowest BCUT2D eigenvalue weighted by Gasteiger charge is -2.14. The summed E-state index contributed by atoms with van der Waals surface area (Å²) in [4.78, 5) is 33.7. The number of benzene rings is 2. The second-order valence-electron chi connectivity index (χ2n) is 5.11. The molecule has 0 spiro atoms. The third-order valence-corrected chi connectivity index (χ3v) is 3.29. The Bertz CT molecular complexity index is 771. The number of Topliss-reactive ketones (excluding diaryl/α,β-unsaturated/α-hetero) is 1. The first kappa shape index (κ1) is 17.1. The van der Waals surface area contributed by atoms with Gasteiger partial charge in [-0.3, -0.25) is 19.7 Å². The molecule has 0 aliphatic heterocycles. The van der Waals surface area contributed by atoms with Crippen LogP contribution in [0.5, 0.6) is 5.75 Å². The number of ether oxygens (including phenoxy) is 1. The lowest BCUT2D eigenvalue weighted by Crippen LogP contribution is -2.30. The zero-order chi connectivity index (χ0) is 17.7. The summed E-state index contributed by atoms with van der Waals surface area (Å²) < 4.78 is 5.39. The molecule has 0 saturated carbocycles. The van der Waals surface area contributed by atoms with Crippen LogP contribution in [0.2, 0.25) is 0 Å². The minimum absolute atomic E-state index is 0.0251. The number of nitro groups is 1. The van der Waals surface area contributed by atoms with E-state index in [9.17, 15) is 19.7 Å². The average molecular weight is 328 g/mol. The molecular weight excluding hydrogens is 312 g/mol. The highest BCUT2D eigenvalue weighted by Gasteiger charge is 2.20. The summed E-state index contributed by atoms with van der Waals surface area (Å²) in [6, 6.07) is 12.3. The molecule has 0 heterocycles. The van der Waals surface area contributed by atoms with Gasteiger partial charge in [-0.25, -0.2) is 0 Å². The Morgan fingerprint density at radius 3 is 2.33 bits per heavy atom. The highest BCUT2D eigenvalue weighted by molar-refractivity contribution is 5.96. The number of nitro benzene ring substituents is 1. The van der Waals surface area contributed by atoms with Crippen molar-refractivity contribution in [2.45, 2.75) is 20.0 Å². The van der Waals surface area contributed by atoms with Crippen LogP contribution in [0, 0.1) is 10.1 Å². The maximum absolute atomic E-state index is 12.1. The standard InChI is InChI=1S/C17H16N2O5/c1-11(20)13-7-9-14(10-8-13)18-17(21)12(2)24-16-6-4-3-5-15(16)19(22)23/h3-10,12H,1-2H3,(H,18,21). The SMILES string of the molecule is CC(=O)c1ccc(NC(=O)C(C)Oc2ccccc2[N+](=O)[O-])cc1. The molecule has 0 radical (unpaired) electrons. The van der Waals surface area contributed by atoms with Gasteiger partial charge in [0.25, 0.3) is 5.91 Å². The van der Waals surface area contributed by atoms with Crippen LogP contribution in [0.1, 0.15) is 24.2 Å². The summed E-state index contributed by atoms with van der Waals surface area (Å²) >= 11 is 0. The maximum Gasteiger partial charge on any atom is 0.310 e. The molecular formula is C17H16N2O5. The largest absolute Gasteiger partial charge is 0.474 e. The topological polar surface area (TPSA) is 98.5 Å². The molecule has 24 heavy (non-hydrogen) atoms. The van der Waals surface area contributed by atoms with Crippen LogP contribution < -0.4 is 10.1 Å². The van der Waals surface area contributed by atoms with E-state index in [-0.39, 0.29) is 17.2 Å². The molecule has 0 aliphatic rings. The minimum Gasteiger partial charge on any atom is -0.474 e. The number of amides is 1. The lowest BCUT2D eigenvalue weighted by molar-refractivity contribution is -0.386. The Morgan fingerprint density at radius 2 is 1.75 bits per heavy atom. The zero-order valence-corrected chi connectivity index (χ0v) is 13.2. The normalized spacial score (nSPS) is 11.4. The van der Waals surface area contributed by atoms with Crippen molar-refractivity contribution in [3.05, 3.63) is 64.2 Å². The van der Waals surface area contributed by atoms with Gasteiger partial charge in [-0.1, -0.05) is 12.1 Å². The fourth-order valence-corrected chi connectivity index (χ4v) is 1.98. The van der Waals surface area contributed by atoms with Gasteiger partial charge in [0.15, 0.2) is 17.6 Å². The van der Waals surface area contributed by atoms with Crippen molar-refractivity contribution < 1.29 is 19.2 Å². The van der Waals surface area contributed by atoms with Gasteiger partial charge < -0.3 is 10.1 Å². The fourth-order valence-electron chi connectivity index (χ4n) is 1.98. The van der Waals surface area contributed by atoms with E-state index in [1.807, 2.05) is 0 Å². The first-order valence-electron chi connectivity index (χ1n) is 7.20. The summed E-state index contributed by atoms with van der Waals surface area (Å²) in [6.45, 7) is 2.95. The molecule has 2 rings (SSSR count). The fraction of sp³-hybridized carbons (Fsp3) is 0.176. The van der Waals surface area contributed by atoms with Gasteiger partial charge in [-0.05, 0) is 44.2 Å². The number of hydrogen-bond acceptors (Lipinski definition) is 5. The molecule has 0 saturated heterocycles. The second kappa shape index (κ2) is 7.36. The molecule has 1 N–H and O–H groups in total. The van der Waals surface area contributed by atoms with E-state index < -0.39 is 16.9 Å². The monoisotopic (exact) mass is 328 g/mol. The molecule has 2 aromatic rings. The van der Waals surface area contributed by atoms with Crippen molar-refractivity contribution in [1.82, 2.24) is 0 Å². The summed E-state index contributed by atoms with van der Waals surface area (Å²) in [5.41, 5.74) is 0.836.